The van der Waals surface area contributed by atoms with E-state index in [0.717, 1.165) is 34.9 Å². The zero-order chi connectivity index (χ0) is 19.2. The van der Waals surface area contributed by atoms with Crippen LogP contribution < -0.4 is 4.74 Å². The van der Waals surface area contributed by atoms with Gasteiger partial charge in [-0.1, -0.05) is 54.9 Å². The van der Waals surface area contributed by atoms with E-state index < -0.39 is 5.97 Å². The lowest BCUT2D eigenvalue weighted by atomic mass is 10.0. The predicted molar refractivity (Wildman–Crippen MR) is 108 cm³/mol. The lowest BCUT2D eigenvalue weighted by Crippen LogP contribution is -2.09. The van der Waals surface area contributed by atoms with Crippen molar-refractivity contribution in [3.8, 4) is 17.0 Å². The van der Waals surface area contributed by atoms with Gasteiger partial charge in [-0.15, -0.1) is 0 Å². The Labute approximate surface area is 163 Å². The molecule has 1 N–H and O–H groups in total. The van der Waals surface area contributed by atoms with Crippen LogP contribution in [-0.4, -0.2) is 22.7 Å². The van der Waals surface area contributed by atoms with Crippen LogP contribution in [0.3, 0.4) is 0 Å². The minimum atomic E-state index is -0.753. The fourth-order valence-corrected chi connectivity index (χ4v) is 3.13. The second kappa shape index (κ2) is 8.87. The molecule has 0 bridgehead atoms. The third-order valence-electron chi connectivity index (χ3n) is 4.54. The highest BCUT2D eigenvalue weighted by molar-refractivity contribution is 6.31. The quantitative estimate of drug-likeness (QED) is 0.497. The molecule has 0 saturated carbocycles. The summed E-state index contributed by atoms with van der Waals surface area (Å²) in [6.07, 6.45) is 2.24. The van der Waals surface area contributed by atoms with Gasteiger partial charge in [-0.2, -0.15) is 0 Å². The first-order valence-corrected chi connectivity index (χ1v) is 9.44. The van der Waals surface area contributed by atoms with Gasteiger partial charge in [0.05, 0.1) is 18.0 Å². The van der Waals surface area contributed by atoms with Gasteiger partial charge in [0.2, 0.25) is 5.88 Å². The summed E-state index contributed by atoms with van der Waals surface area (Å²) in [4.78, 5) is 15.4. The van der Waals surface area contributed by atoms with E-state index in [2.05, 4.69) is 17.1 Å². The Morgan fingerprint density at radius 2 is 1.93 bits per heavy atom. The smallest absolute Gasteiger partial charge is 0.306 e. The molecule has 1 aromatic heterocycles. The Morgan fingerprint density at radius 3 is 2.67 bits per heavy atom. The minimum Gasteiger partial charge on any atom is -0.481 e. The van der Waals surface area contributed by atoms with E-state index in [1.165, 1.54) is 0 Å². The minimum absolute atomic E-state index is 0.324. The average molecular weight is 384 g/mol. The van der Waals surface area contributed by atoms with Crippen LogP contribution in [0.25, 0.3) is 22.0 Å². The van der Waals surface area contributed by atoms with Crippen molar-refractivity contribution in [3.63, 3.8) is 0 Å². The van der Waals surface area contributed by atoms with Crippen molar-refractivity contribution in [1.82, 2.24) is 4.98 Å². The molecule has 3 aromatic rings. The maximum atomic E-state index is 10.9. The third-order valence-corrected chi connectivity index (χ3v) is 4.77. The Morgan fingerprint density at radius 1 is 1.15 bits per heavy atom. The summed E-state index contributed by atoms with van der Waals surface area (Å²) in [6, 6.07) is 17.7. The van der Waals surface area contributed by atoms with Crippen LogP contribution in [0.1, 0.15) is 26.2 Å². The van der Waals surface area contributed by atoms with E-state index in [0.29, 0.717) is 23.9 Å². The molecule has 1 unspecified atom stereocenters. The van der Waals surface area contributed by atoms with Crippen LogP contribution in [0, 0.1) is 5.92 Å². The van der Waals surface area contributed by atoms with Gasteiger partial charge >= 0.3 is 5.97 Å². The molecule has 2 aromatic carbocycles. The van der Waals surface area contributed by atoms with Crippen LogP contribution in [0.15, 0.2) is 54.6 Å². The van der Waals surface area contributed by atoms with Crippen molar-refractivity contribution >= 4 is 28.5 Å². The summed E-state index contributed by atoms with van der Waals surface area (Å²) in [5.74, 6) is -0.526. The lowest BCUT2D eigenvalue weighted by molar-refractivity contribution is -0.141. The fourth-order valence-electron chi connectivity index (χ4n) is 2.96. The lowest BCUT2D eigenvalue weighted by Gasteiger charge is -2.12. The number of unbranched alkanes of at least 4 members (excludes halogenated alkanes) is 1. The highest BCUT2D eigenvalue weighted by Crippen LogP contribution is 2.32. The van der Waals surface area contributed by atoms with E-state index in [-0.39, 0.29) is 5.92 Å². The highest BCUT2D eigenvalue weighted by atomic mass is 35.5. The largest absolute Gasteiger partial charge is 0.481 e. The zero-order valence-electron chi connectivity index (χ0n) is 15.2. The molecule has 27 heavy (non-hydrogen) atoms. The second-order valence-electron chi connectivity index (χ2n) is 6.62. The molecule has 4 nitrogen and oxygen atoms in total. The number of fused-ring (bicyclic) bond motifs is 1. The number of aliphatic carboxylic acids is 1. The van der Waals surface area contributed by atoms with Crippen molar-refractivity contribution < 1.29 is 14.6 Å². The molecule has 0 radical (unpaired) electrons. The van der Waals surface area contributed by atoms with Crippen molar-refractivity contribution in [2.45, 2.75) is 26.2 Å². The summed E-state index contributed by atoms with van der Waals surface area (Å²) in [5.41, 5.74) is 2.93. The number of rotatable bonds is 8. The Balaban J connectivity index is 1.77. The van der Waals surface area contributed by atoms with Crippen molar-refractivity contribution in [3.05, 3.63) is 59.6 Å². The molecular formula is C22H22ClNO3. The molecule has 3 rings (SSSR count). The van der Waals surface area contributed by atoms with Crippen LogP contribution >= 0.6 is 11.6 Å². The number of hydrogen-bond acceptors (Lipinski definition) is 3. The molecule has 0 aliphatic carbocycles. The molecule has 140 valence electrons. The predicted octanol–water partition coefficient (Wildman–Crippen LogP) is 5.83. The number of ether oxygens (including phenoxy) is 1. The number of benzene rings is 2. The first kappa shape index (κ1) is 19.2. The number of carbonyl (C=O) groups is 1. The first-order chi connectivity index (χ1) is 13.0. The second-order valence-corrected chi connectivity index (χ2v) is 7.06. The topological polar surface area (TPSA) is 59.4 Å². The van der Waals surface area contributed by atoms with Gasteiger partial charge in [0, 0.05) is 16.5 Å². The molecule has 0 aliphatic heterocycles. The third kappa shape index (κ3) is 4.98. The molecule has 5 heteroatoms. The van der Waals surface area contributed by atoms with Gasteiger partial charge in [0.1, 0.15) is 0 Å². The molecule has 1 heterocycles. The molecule has 0 fully saturated rings. The standard InChI is InChI=1S/C22H22ClNO3/c1-15(22(25)26)7-5-6-12-27-21-14-19(16-8-3-2-4-9-16)18-11-10-17(23)13-20(18)24-21/h2-4,8-11,13-15H,5-7,12H2,1H3,(H,25,26). The van der Waals surface area contributed by atoms with Crippen LogP contribution in [0.2, 0.25) is 5.02 Å². The van der Waals surface area contributed by atoms with E-state index in [1.54, 1.807) is 6.92 Å². The first-order valence-electron chi connectivity index (χ1n) is 9.06. The molecule has 0 aliphatic rings. The van der Waals surface area contributed by atoms with Crippen molar-refractivity contribution in [2.24, 2.45) is 5.92 Å². The van der Waals surface area contributed by atoms with Crippen LogP contribution in [0.4, 0.5) is 0 Å². The number of halogens is 1. The van der Waals surface area contributed by atoms with Gasteiger partial charge in [-0.25, -0.2) is 4.98 Å². The number of carboxylic acids is 1. The number of aromatic nitrogens is 1. The number of carboxylic acid groups (broad SMARTS) is 1. The molecule has 0 saturated heterocycles. The Kier molecular flexibility index (Phi) is 6.30. The molecular weight excluding hydrogens is 362 g/mol. The van der Waals surface area contributed by atoms with Gasteiger partial charge in [-0.05, 0) is 42.5 Å². The summed E-state index contributed by atoms with van der Waals surface area (Å²) in [5, 5.41) is 10.6. The zero-order valence-corrected chi connectivity index (χ0v) is 15.9. The number of nitrogens with zero attached hydrogens (tertiary/aromatic N) is 1. The van der Waals surface area contributed by atoms with E-state index >= 15 is 0 Å². The van der Waals surface area contributed by atoms with Crippen LogP contribution in [0.5, 0.6) is 5.88 Å². The molecule has 0 amide bonds. The van der Waals surface area contributed by atoms with Crippen molar-refractivity contribution in [2.75, 3.05) is 6.61 Å². The monoisotopic (exact) mass is 383 g/mol. The van der Waals surface area contributed by atoms with Crippen molar-refractivity contribution in [1.29, 1.82) is 0 Å². The van der Waals surface area contributed by atoms with Gasteiger partial charge in [-0.3, -0.25) is 4.79 Å². The van der Waals surface area contributed by atoms with E-state index in [4.69, 9.17) is 21.4 Å². The Hall–Kier alpha value is -2.59. The fraction of sp³-hybridized carbons (Fsp3) is 0.273. The summed E-state index contributed by atoms with van der Waals surface area (Å²) < 4.78 is 5.86. The average Bonchev–Trinajstić information content (AvgIpc) is 2.67. The summed E-state index contributed by atoms with van der Waals surface area (Å²) >= 11 is 6.14. The highest BCUT2D eigenvalue weighted by Gasteiger charge is 2.11. The maximum absolute atomic E-state index is 10.9. The normalized spacial score (nSPS) is 12.1. The number of pyridine rings is 1. The summed E-state index contributed by atoms with van der Waals surface area (Å²) in [7, 11) is 0. The molecule has 1 atom stereocenters. The Bertz CT molecular complexity index is 927. The van der Waals surface area contributed by atoms with E-state index in [1.807, 2.05) is 42.5 Å². The van der Waals surface area contributed by atoms with Gasteiger partial charge in [0.25, 0.3) is 0 Å². The van der Waals surface area contributed by atoms with Crippen LogP contribution in [-0.2, 0) is 4.79 Å². The van der Waals surface area contributed by atoms with E-state index in [9.17, 15) is 4.79 Å². The maximum Gasteiger partial charge on any atom is 0.306 e. The number of hydrogen-bond donors (Lipinski definition) is 1. The van der Waals surface area contributed by atoms with Gasteiger partial charge in [0.15, 0.2) is 0 Å². The van der Waals surface area contributed by atoms with Gasteiger partial charge < -0.3 is 9.84 Å². The molecule has 0 spiro atoms. The summed E-state index contributed by atoms with van der Waals surface area (Å²) in [6.45, 7) is 2.23. The SMILES string of the molecule is CC(CCCCOc1cc(-c2ccccc2)c2ccc(Cl)cc2n1)C(=O)O.